The molecular weight excluding hydrogens is 276 g/mol. The highest BCUT2D eigenvalue weighted by Crippen LogP contribution is 2.23. The van der Waals surface area contributed by atoms with Crippen molar-refractivity contribution in [3.05, 3.63) is 18.2 Å². The van der Waals surface area contributed by atoms with Gasteiger partial charge in [-0.2, -0.15) is 0 Å². The summed E-state index contributed by atoms with van der Waals surface area (Å²) in [5.41, 5.74) is 7.11. The van der Waals surface area contributed by atoms with Crippen LogP contribution in [-0.4, -0.2) is 58.9 Å². The molecular formula is C13H24N4O2S. The number of rotatable bonds is 7. The second kappa shape index (κ2) is 6.92. The zero-order chi connectivity index (χ0) is 15.3. The molecule has 114 valence electrons. The Bertz CT molecular complexity index is 541. The number of hydrogen-bond acceptors (Lipinski definition) is 5. The summed E-state index contributed by atoms with van der Waals surface area (Å²) in [5, 5.41) is 3.22. The Hall–Kier alpha value is -1.31. The fraction of sp³-hybridized carbons (Fsp3) is 0.538. The molecule has 0 radical (unpaired) electrons. The maximum absolute atomic E-state index is 12.0. The van der Waals surface area contributed by atoms with Crippen LogP contribution in [0.25, 0.3) is 0 Å². The molecule has 0 aromatic heterocycles. The SMILES string of the molecule is CN(C)CCCNc1ccc(S(=O)(=O)N(C)C)cc1N. The van der Waals surface area contributed by atoms with Crippen molar-refractivity contribution in [3.63, 3.8) is 0 Å². The molecule has 20 heavy (non-hydrogen) atoms. The van der Waals surface area contributed by atoms with Crippen LogP contribution in [0.15, 0.2) is 23.1 Å². The highest BCUT2D eigenvalue weighted by atomic mass is 32.2. The van der Waals surface area contributed by atoms with Crippen LogP contribution in [0.5, 0.6) is 0 Å². The third-order valence-electron chi connectivity index (χ3n) is 2.90. The third-order valence-corrected chi connectivity index (χ3v) is 4.71. The van der Waals surface area contributed by atoms with E-state index in [1.165, 1.54) is 24.5 Å². The number of nitrogens with zero attached hydrogens (tertiary/aromatic N) is 2. The third kappa shape index (κ3) is 4.36. The number of benzene rings is 1. The first-order valence-corrected chi connectivity index (χ1v) is 7.90. The van der Waals surface area contributed by atoms with Gasteiger partial charge < -0.3 is 16.0 Å². The van der Waals surface area contributed by atoms with Gasteiger partial charge in [-0.1, -0.05) is 0 Å². The van der Waals surface area contributed by atoms with Crippen LogP contribution in [0, 0.1) is 0 Å². The average Bonchev–Trinajstić information content (AvgIpc) is 2.35. The molecule has 0 aliphatic carbocycles. The van der Waals surface area contributed by atoms with E-state index in [1.54, 1.807) is 12.1 Å². The predicted molar refractivity (Wildman–Crippen MR) is 83.4 cm³/mol. The maximum atomic E-state index is 12.0. The van der Waals surface area contributed by atoms with E-state index in [1.807, 2.05) is 14.1 Å². The van der Waals surface area contributed by atoms with Crippen LogP contribution in [-0.2, 0) is 10.0 Å². The predicted octanol–water partition coefficient (Wildman–Crippen LogP) is 0.883. The zero-order valence-electron chi connectivity index (χ0n) is 12.5. The van der Waals surface area contributed by atoms with E-state index in [0.717, 1.165) is 25.2 Å². The molecule has 7 heteroatoms. The van der Waals surface area contributed by atoms with E-state index >= 15 is 0 Å². The van der Waals surface area contributed by atoms with Crippen LogP contribution < -0.4 is 11.1 Å². The minimum absolute atomic E-state index is 0.207. The number of anilines is 2. The van der Waals surface area contributed by atoms with Gasteiger partial charge in [0, 0.05) is 20.6 Å². The van der Waals surface area contributed by atoms with Gasteiger partial charge in [0.15, 0.2) is 0 Å². The van der Waals surface area contributed by atoms with Crippen molar-refractivity contribution in [1.29, 1.82) is 0 Å². The molecule has 0 bridgehead atoms. The lowest BCUT2D eigenvalue weighted by molar-refractivity contribution is 0.405. The fourth-order valence-corrected chi connectivity index (χ4v) is 2.63. The lowest BCUT2D eigenvalue weighted by Crippen LogP contribution is -2.22. The largest absolute Gasteiger partial charge is 0.397 e. The number of nitrogens with one attached hydrogen (secondary N) is 1. The summed E-state index contributed by atoms with van der Waals surface area (Å²) in [6, 6.07) is 4.77. The minimum atomic E-state index is -3.43. The summed E-state index contributed by atoms with van der Waals surface area (Å²) in [5.74, 6) is 0. The molecule has 0 atom stereocenters. The lowest BCUT2D eigenvalue weighted by atomic mass is 10.2. The van der Waals surface area contributed by atoms with Gasteiger partial charge in [-0.3, -0.25) is 0 Å². The first-order chi connectivity index (χ1) is 9.25. The van der Waals surface area contributed by atoms with Crippen LogP contribution in [0.2, 0.25) is 0 Å². The van der Waals surface area contributed by atoms with Gasteiger partial charge in [-0.25, -0.2) is 12.7 Å². The van der Waals surface area contributed by atoms with Gasteiger partial charge in [0.05, 0.1) is 16.3 Å². The summed E-state index contributed by atoms with van der Waals surface area (Å²) in [6.07, 6.45) is 0.990. The minimum Gasteiger partial charge on any atom is -0.397 e. The van der Waals surface area contributed by atoms with E-state index < -0.39 is 10.0 Å². The van der Waals surface area contributed by atoms with E-state index in [4.69, 9.17) is 5.73 Å². The standard InChI is InChI=1S/C13H24N4O2S/c1-16(2)9-5-8-15-13-7-6-11(10-12(13)14)20(18,19)17(3)4/h6-7,10,15H,5,8-9,14H2,1-4H3. The highest BCUT2D eigenvalue weighted by Gasteiger charge is 2.17. The Labute approximate surface area is 121 Å². The van der Waals surface area contributed by atoms with Gasteiger partial charge in [-0.05, 0) is 45.3 Å². The molecule has 0 aliphatic heterocycles. The molecule has 0 saturated heterocycles. The number of hydrogen-bond donors (Lipinski definition) is 2. The van der Waals surface area contributed by atoms with Gasteiger partial charge >= 0.3 is 0 Å². The Kier molecular flexibility index (Phi) is 5.79. The smallest absolute Gasteiger partial charge is 0.242 e. The highest BCUT2D eigenvalue weighted by molar-refractivity contribution is 7.89. The van der Waals surface area contributed by atoms with Crippen LogP contribution in [0.3, 0.4) is 0 Å². The Morgan fingerprint density at radius 1 is 1.20 bits per heavy atom. The molecule has 0 spiro atoms. The van der Waals surface area contributed by atoms with Crippen molar-refractivity contribution < 1.29 is 8.42 Å². The quantitative estimate of drug-likeness (QED) is 0.577. The lowest BCUT2D eigenvalue weighted by Gasteiger charge is -2.15. The van der Waals surface area contributed by atoms with Crippen LogP contribution in [0.4, 0.5) is 11.4 Å². The molecule has 6 nitrogen and oxygen atoms in total. The number of sulfonamides is 1. The van der Waals surface area contributed by atoms with Gasteiger partial charge in [0.2, 0.25) is 10.0 Å². The molecule has 0 fully saturated rings. The van der Waals surface area contributed by atoms with Crippen molar-refractivity contribution in [2.45, 2.75) is 11.3 Å². The van der Waals surface area contributed by atoms with Crippen molar-refractivity contribution in [2.24, 2.45) is 0 Å². The summed E-state index contributed by atoms with van der Waals surface area (Å²) in [6.45, 7) is 1.78. The molecule has 0 unspecified atom stereocenters. The van der Waals surface area contributed by atoms with E-state index in [9.17, 15) is 8.42 Å². The Morgan fingerprint density at radius 3 is 2.35 bits per heavy atom. The molecule has 3 N–H and O–H groups in total. The summed E-state index contributed by atoms with van der Waals surface area (Å²) in [4.78, 5) is 2.32. The fourth-order valence-electron chi connectivity index (χ4n) is 1.69. The van der Waals surface area contributed by atoms with Gasteiger partial charge in [0.25, 0.3) is 0 Å². The van der Waals surface area contributed by atoms with Crippen LogP contribution in [0.1, 0.15) is 6.42 Å². The van der Waals surface area contributed by atoms with Gasteiger partial charge in [0.1, 0.15) is 0 Å². The normalized spacial score (nSPS) is 12.1. The van der Waals surface area contributed by atoms with Crippen molar-refractivity contribution in [2.75, 3.05) is 52.3 Å². The van der Waals surface area contributed by atoms with E-state index in [2.05, 4.69) is 10.2 Å². The monoisotopic (exact) mass is 300 g/mol. The Balaban J connectivity index is 2.74. The second-order valence-corrected chi connectivity index (χ2v) is 7.27. The first-order valence-electron chi connectivity index (χ1n) is 6.46. The Morgan fingerprint density at radius 2 is 1.85 bits per heavy atom. The molecule has 1 aromatic carbocycles. The molecule has 1 rings (SSSR count). The molecule has 0 aliphatic rings. The molecule has 0 saturated carbocycles. The number of nitrogens with two attached hydrogens (primary N) is 1. The van der Waals surface area contributed by atoms with Gasteiger partial charge in [-0.15, -0.1) is 0 Å². The topological polar surface area (TPSA) is 78.7 Å². The summed E-state index contributed by atoms with van der Waals surface area (Å²) < 4.78 is 25.1. The maximum Gasteiger partial charge on any atom is 0.242 e. The van der Waals surface area contributed by atoms with E-state index in [-0.39, 0.29) is 4.90 Å². The molecule has 1 aromatic rings. The molecule has 0 amide bonds. The zero-order valence-corrected chi connectivity index (χ0v) is 13.4. The average molecular weight is 300 g/mol. The summed E-state index contributed by atoms with van der Waals surface area (Å²) in [7, 11) is 3.61. The number of nitrogen functional groups attached to an aromatic ring is 1. The van der Waals surface area contributed by atoms with Crippen molar-refractivity contribution >= 4 is 21.4 Å². The van der Waals surface area contributed by atoms with Crippen molar-refractivity contribution in [3.8, 4) is 0 Å². The molecule has 0 heterocycles. The first kappa shape index (κ1) is 16.7. The van der Waals surface area contributed by atoms with Crippen molar-refractivity contribution in [1.82, 2.24) is 9.21 Å². The second-order valence-electron chi connectivity index (χ2n) is 5.12. The van der Waals surface area contributed by atoms with E-state index in [0.29, 0.717) is 5.69 Å². The van der Waals surface area contributed by atoms with Crippen LogP contribution >= 0.6 is 0 Å². The summed E-state index contributed by atoms with van der Waals surface area (Å²) >= 11 is 0.